The zero-order valence-electron chi connectivity index (χ0n) is 12.2. The second-order valence-electron chi connectivity index (χ2n) is 5.75. The molecule has 1 aliphatic carbocycles. The van der Waals surface area contributed by atoms with Crippen LogP contribution in [0.15, 0.2) is 24.3 Å². The van der Waals surface area contributed by atoms with Gasteiger partial charge in [-0.25, -0.2) is 0 Å². The van der Waals surface area contributed by atoms with Crippen LogP contribution in [0.4, 0.5) is 5.69 Å². The maximum absolute atomic E-state index is 11.7. The summed E-state index contributed by atoms with van der Waals surface area (Å²) < 4.78 is 4.98. The Morgan fingerprint density at radius 2 is 1.90 bits per heavy atom. The summed E-state index contributed by atoms with van der Waals surface area (Å²) >= 11 is 0. The van der Waals surface area contributed by atoms with Crippen LogP contribution in [0.5, 0.6) is 0 Å². The first kappa shape index (κ1) is 14.6. The van der Waals surface area contributed by atoms with Gasteiger partial charge in [-0.1, -0.05) is 32.9 Å². The number of ether oxygens (including phenoxy) is 1. The maximum atomic E-state index is 11.7. The molecule has 1 saturated carbocycles. The van der Waals surface area contributed by atoms with Gasteiger partial charge in [0, 0.05) is 5.69 Å². The Morgan fingerprint density at radius 3 is 2.40 bits per heavy atom. The molecule has 4 heteroatoms. The highest BCUT2D eigenvalue weighted by Gasteiger charge is 2.40. The number of hydrogen-bond acceptors (Lipinski definition) is 3. The molecular formula is C16H21NO3. The molecule has 20 heavy (non-hydrogen) atoms. The van der Waals surface area contributed by atoms with Crippen molar-refractivity contribution in [2.24, 2.45) is 11.8 Å². The first-order chi connectivity index (χ1) is 9.47. The van der Waals surface area contributed by atoms with Crippen LogP contribution in [0, 0.1) is 11.8 Å². The number of anilines is 1. The number of amides is 1. The van der Waals surface area contributed by atoms with Crippen LogP contribution >= 0.6 is 0 Å². The van der Waals surface area contributed by atoms with E-state index in [-0.39, 0.29) is 24.4 Å². The second kappa shape index (κ2) is 6.07. The van der Waals surface area contributed by atoms with Crippen LogP contribution in [-0.4, -0.2) is 18.5 Å². The van der Waals surface area contributed by atoms with Crippen molar-refractivity contribution < 1.29 is 14.3 Å². The lowest BCUT2D eigenvalue weighted by molar-refractivity contribution is -0.148. The fourth-order valence-corrected chi connectivity index (χ4v) is 2.04. The normalized spacial score (nSPS) is 20.6. The quantitative estimate of drug-likeness (QED) is 0.841. The molecule has 1 fully saturated rings. The van der Waals surface area contributed by atoms with Gasteiger partial charge < -0.3 is 10.1 Å². The Morgan fingerprint density at radius 1 is 1.30 bits per heavy atom. The van der Waals surface area contributed by atoms with Gasteiger partial charge >= 0.3 is 5.97 Å². The molecule has 0 aromatic heterocycles. The van der Waals surface area contributed by atoms with Crippen LogP contribution in [0.3, 0.4) is 0 Å². The van der Waals surface area contributed by atoms with Crippen LogP contribution in [0.1, 0.15) is 38.7 Å². The summed E-state index contributed by atoms with van der Waals surface area (Å²) in [5.74, 6) is 0.287. The summed E-state index contributed by atoms with van der Waals surface area (Å²) in [6.45, 7) is 6.02. The number of esters is 1. The van der Waals surface area contributed by atoms with E-state index in [0.29, 0.717) is 11.8 Å². The van der Waals surface area contributed by atoms with E-state index in [1.165, 1.54) is 5.56 Å². The van der Waals surface area contributed by atoms with E-state index in [0.717, 1.165) is 12.1 Å². The van der Waals surface area contributed by atoms with Gasteiger partial charge in [-0.05, 0) is 36.0 Å². The van der Waals surface area contributed by atoms with Crippen molar-refractivity contribution in [1.82, 2.24) is 0 Å². The molecule has 4 nitrogen and oxygen atoms in total. The third kappa shape index (κ3) is 3.83. The lowest BCUT2D eigenvalue weighted by atomic mass is 10.0. The number of hydrogen-bond donors (Lipinski definition) is 1. The molecule has 0 saturated heterocycles. The standard InChI is InChI=1S/C16H21NO3/c1-10(2)12-4-6-13(7-5-12)17-15(18)9-20-16(19)14-8-11(14)3/h4-7,10-11,14H,8-9H2,1-3H3,(H,17,18)/t11-,14+/m0/s1. The number of nitrogens with one attached hydrogen (secondary N) is 1. The molecule has 2 rings (SSSR count). The molecule has 0 radical (unpaired) electrons. The predicted octanol–water partition coefficient (Wildman–Crippen LogP) is 2.95. The SMILES string of the molecule is CC(C)c1ccc(NC(=O)COC(=O)[C@@H]2C[C@@H]2C)cc1. The highest BCUT2D eigenvalue weighted by Crippen LogP contribution is 2.38. The fourth-order valence-electron chi connectivity index (χ4n) is 2.04. The third-order valence-corrected chi connectivity index (χ3v) is 3.62. The zero-order valence-corrected chi connectivity index (χ0v) is 12.2. The third-order valence-electron chi connectivity index (χ3n) is 3.62. The fraction of sp³-hybridized carbons (Fsp3) is 0.500. The smallest absolute Gasteiger partial charge is 0.309 e. The van der Waals surface area contributed by atoms with Crippen LogP contribution in [-0.2, 0) is 14.3 Å². The minimum atomic E-state index is -0.302. The van der Waals surface area contributed by atoms with Crippen LogP contribution < -0.4 is 5.32 Å². The van der Waals surface area contributed by atoms with E-state index in [4.69, 9.17) is 4.74 Å². The van der Waals surface area contributed by atoms with Gasteiger partial charge in [-0.2, -0.15) is 0 Å². The average molecular weight is 275 g/mol. The van der Waals surface area contributed by atoms with Gasteiger partial charge in [-0.15, -0.1) is 0 Å². The van der Waals surface area contributed by atoms with Gasteiger partial charge in [-0.3, -0.25) is 9.59 Å². The van der Waals surface area contributed by atoms with Crippen molar-refractivity contribution in [3.05, 3.63) is 29.8 Å². The monoisotopic (exact) mass is 275 g/mol. The summed E-state index contributed by atoms with van der Waals surface area (Å²) in [7, 11) is 0. The van der Waals surface area contributed by atoms with E-state index in [2.05, 4.69) is 19.2 Å². The van der Waals surface area contributed by atoms with Crippen LogP contribution in [0.25, 0.3) is 0 Å². The molecule has 0 bridgehead atoms. The molecule has 1 aliphatic rings. The first-order valence-corrected chi connectivity index (χ1v) is 7.04. The van der Waals surface area contributed by atoms with Crippen LogP contribution in [0.2, 0.25) is 0 Å². The Balaban J connectivity index is 1.77. The molecular weight excluding hydrogens is 254 g/mol. The summed E-state index contributed by atoms with van der Waals surface area (Å²) in [4.78, 5) is 23.2. The van der Waals surface area contributed by atoms with Gasteiger partial charge in [0.1, 0.15) is 0 Å². The molecule has 1 amide bonds. The lowest BCUT2D eigenvalue weighted by Gasteiger charge is -2.09. The van der Waals surface area contributed by atoms with E-state index >= 15 is 0 Å². The summed E-state index contributed by atoms with van der Waals surface area (Å²) in [5, 5.41) is 2.72. The number of carbonyl (C=O) groups is 2. The Hall–Kier alpha value is -1.84. The molecule has 1 N–H and O–H groups in total. The predicted molar refractivity (Wildman–Crippen MR) is 77.4 cm³/mol. The van der Waals surface area contributed by atoms with Gasteiger partial charge in [0.15, 0.2) is 6.61 Å². The van der Waals surface area contributed by atoms with Crippen molar-refractivity contribution in [1.29, 1.82) is 0 Å². The molecule has 0 heterocycles. The van der Waals surface area contributed by atoms with Crippen molar-refractivity contribution in [3.8, 4) is 0 Å². The lowest BCUT2D eigenvalue weighted by Crippen LogP contribution is -2.21. The zero-order chi connectivity index (χ0) is 14.7. The van der Waals surface area contributed by atoms with E-state index in [9.17, 15) is 9.59 Å². The highest BCUT2D eigenvalue weighted by molar-refractivity contribution is 5.93. The topological polar surface area (TPSA) is 55.4 Å². The van der Waals surface area contributed by atoms with E-state index in [1.54, 1.807) is 0 Å². The summed E-state index contributed by atoms with van der Waals surface area (Å²) in [5.41, 5.74) is 1.94. The molecule has 108 valence electrons. The van der Waals surface area contributed by atoms with E-state index < -0.39 is 0 Å². The van der Waals surface area contributed by atoms with Crippen molar-refractivity contribution >= 4 is 17.6 Å². The van der Waals surface area contributed by atoms with Gasteiger partial charge in [0.05, 0.1) is 5.92 Å². The second-order valence-corrected chi connectivity index (χ2v) is 5.75. The minimum absolute atomic E-state index is 0.00637. The van der Waals surface area contributed by atoms with E-state index in [1.807, 2.05) is 31.2 Å². The Labute approximate surface area is 119 Å². The molecule has 2 atom stereocenters. The largest absolute Gasteiger partial charge is 0.455 e. The average Bonchev–Trinajstić information content (AvgIpc) is 3.14. The summed E-state index contributed by atoms with van der Waals surface area (Å²) in [6.07, 6.45) is 0.872. The number of carbonyl (C=O) groups excluding carboxylic acids is 2. The van der Waals surface area contributed by atoms with Gasteiger partial charge in [0.25, 0.3) is 5.91 Å². The van der Waals surface area contributed by atoms with Crippen molar-refractivity contribution in [2.45, 2.75) is 33.1 Å². The maximum Gasteiger partial charge on any atom is 0.309 e. The Kier molecular flexibility index (Phi) is 4.42. The molecule has 0 unspecified atom stereocenters. The minimum Gasteiger partial charge on any atom is -0.455 e. The molecule has 0 aliphatic heterocycles. The molecule has 1 aromatic carbocycles. The van der Waals surface area contributed by atoms with Crippen molar-refractivity contribution in [2.75, 3.05) is 11.9 Å². The number of rotatable bonds is 5. The highest BCUT2D eigenvalue weighted by atomic mass is 16.5. The van der Waals surface area contributed by atoms with Gasteiger partial charge in [0.2, 0.25) is 0 Å². The summed E-state index contributed by atoms with van der Waals surface area (Å²) in [6, 6.07) is 7.69. The molecule has 0 spiro atoms. The Bertz CT molecular complexity index is 493. The number of benzene rings is 1. The van der Waals surface area contributed by atoms with Crippen molar-refractivity contribution in [3.63, 3.8) is 0 Å². The molecule has 1 aromatic rings. The first-order valence-electron chi connectivity index (χ1n) is 7.04.